The minimum atomic E-state index is 0.360. The Morgan fingerprint density at radius 1 is 0.406 bits per heavy atom. The van der Waals surface area contributed by atoms with Gasteiger partial charge in [-0.15, -0.1) is 56.7 Å². The van der Waals surface area contributed by atoms with Crippen LogP contribution in [-0.4, -0.2) is 43.4 Å². The summed E-state index contributed by atoms with van der Waals surface area (Å²) in [5, 5.41) is 20.0. The number of para-hydroxylation sites is 1. The zero-order valence-electron chi connectivity index (χ0n) is 58.3. The molecule has 18 heteroatoms. The van der Waals surface area contributed by atoms with E-state index in [4.69, 9.17) is 41.8 Å². The smallest absolute Gasteiger partial charge is 0.231 e. The van der Waals surface area contributed by atoms with Crippen molar-refractivity contribution in [2.45, 2.75) is 69.2 Å². The molecule has 4 aliphatic rings. The van der Waals surface area contributed by atoms with E-state index in [2.05, 4.69) is 152 Å². The van der Waals surface area contributed by atoms with Gasteiger partial charge in [-0.1, -0.05) is 97.2 Å². The van der Waals surface area contributed by atoms with Gasteiger partial charge in [0.15, 0.2) is 40.3 Å². The number of nitrogens with one attached hydrogen (secondary N) is 2. The molecule has 0 fully saturated rings. The van der Waals surface area contributed by atoms with Crippen LogP contribution in [0.1, 0.15) is 54.0 Å². The van der Waals surface area contributed by atoms with Gasteiger partial charge >= 0.3 is 0 Å². The molecule has 0 unspecified atom stereocenters. The van der Waals surface area contributed by atoms with Gasteiger partial charge in [-0.25, -0.2) is 4.98 Å². The molecule has 19 rings (SSSR count). The molecule has 0 saturated heterocycles. The standard InChI is InChI=1S/C10H11NO.C9H10N2O.C9H10O2.2C9H8O.C9H8S.C8H7NOS.C8H8O2.C7H6S2.C5H6S/c1-7-3-4-10-9(5-7)11-8(2)6-12-10;1-6-3-4-8-9(10-6)11-7(2)5-12-8;1-7-2-3-8-9(6-7)11-5-4-10-8;1-7-2-3-8-4-5-10-9(8)6-7;2*1-7-6-8-4-2-3-5-9(8)10-7;1-6-5-7(10-9-6)8-3-2-4-11-8;1-6-2-3-7-8(4-6)10-5-9-7;1-5-4-7-6(9-5)2-3-8-7;1-5-3-2-4-6-5/h3-5,11H,2,6H2,1H3;3-4H,2,5H2,1H3,(H,10,11);2-3,6H,4-5H2,1H3;3*2-6H,1H3;2-5H,1H3;2-4H,5H2,1H3;2-4H,1H3;2-4H,1H3. The number of benzene rings is 6. The average Bonchev–Trinajstić information content (AvgIpc) is 1.74. The second-order valence-corrected chi connectivity index (χ2v) is 29.3. The Morgan fingerprint density at radius 2 is 1.03 bits per heavy atom. The van der Waals surface area contributed by atoms with E-state index in [1.165, 1.54) is 67.1 Å². The van der Waals surface area contributed by atoms with Crippen molar-refractivity contribution >= 4 is 110 Å². The van der Waals surface area contributed by atoms with Crippen LogP contribution in [-0.2, 0) is 0 Å². The van der Waals surface area contributed by atoms with Crippen LogP contribution in [0.25, 0.3) is 52.1 Å². The molecule has 15 aromatic rings. The van der Waals surface area contributed by atoms with Gasteiger partial charge in [-0.2, -0.15) is 0 Å². The third kappa shape index (κ3) is 22.6. The topological polar surface area (TPSA) is 145 Å². The molecule has 4 aliphatic heterocycles. The zero-order valence-corrected chi connectivity index (χ0v) is 62.4. The van der Waals surface area contributed by atoms with Crippen molar-refractivity contribution in [3.8, 4) is 45.1 Å². The van der Waals surface area contributed by atoms with Crippen molar-refractivity contribution in [2.24, 2.45) is 0 Å². The maximum atomic E-state index is 5.43. The van der Waals surface area contributed by atoms with E-state index in [9.17, 15) is 0 Å². The third-order valence-corrected chi connectivity index (χ3v) is 19.5. The van der Waals surface area contributed by atoms with Crippen LogP contribution in [0.15, 0.2) is 254 Å². The van der Waals surface area contributed by atoms with Crippen LogP contribution in [0.3, 0.4) is 0 Å². The number of aromatic nitrogens is 2. The maximum absolute atomic E-state index is 5.43. The van der Waals surface area contributed by atoms with Gasteiger partial charge in [0.25, 0.3) is 0 Å². The van der Waals surface area contributed by atoms with Crippen LogP contribution in [0.5, 0.6) is 34.5 Å². The molecule has 13 nitrogen and oxygen atoms in total. The van der Waals surface area contributed by atoms with Crippen LogP contribution in [0, 0.1) is 69.2 Å². The minimum absolute atomic E-state index is 0.360. The van der Waals surface area contributed by atoms with Crippen molar-refractivity contribution in [3.63, 3.8) is 0 Å². The first-order valence-corrected chi connectivity index (χ1v) is 36.9. The molecule has 0 amide bonds. The van der Waals surface area contributed by atoms with E-state index in [1.807, 2.05) is 195 Å². The van der Waals surface area contributed by atoms with E-state index >= 15 is 0 Å². The molecule has 0 bridgehead atoms. The summed E-state index contributed by atoms with van der Waals surface area (Å²) in [5.74, 6) is 7.76. The first-order valence-electron chi connectivity index (χ1n) is 32.6. The second-order valence-electron chi connectivity index (χ2n) is 23.6. The van der Waals surface area contributed by atoms with Crippen LogP contribution in [0.2, 0.25) is 0 Å². The Balaban J connectivity index is 0.000000121. The average molecular weight is 1440 g/mol. The second kappa shape index (κ2) is 36.7. The SMILES string of the molecule is C=C1COc2ccc(C)cc2N1.C=C1COc2ccc(C)nc2N1.Cc1cc(-c2cccs2)on1.Cc1cc2ccccc2o1.Cc1cc2ccccc2s1.Cc1cc2sccc2s1.Cc1ccc2c(c1)OCCO2.Cc1ccc2c(c1)OCO2.Cc1ccc2ccoc2c1.Cc1cccs1. The summed E-state index contributed by atoms with van der Waals surface area (Å²) in [6.07, 6.45) is 1.71. The molecule has 0 saturated carbocycles. The normalized spacial score (nSPS) is 12.1. The summed E-state index contributed by atoms with van der Waals surface area (Å²) in [7, 11) is 0. The number of ether oxygens (including phenoxy) is 6. The molecule has 0 aliphatic carbocycles. The number of hydrogen-bond donors (Lipinski definition) is 2. The Hall–Kier alpha value is -10.3. The highest BCUT2D eigenvalue weighted by molar-refractivity contribution is 7.26. The minimum Gasteiger partial charge on any atom is -0.486 e. The van der Waals surface area contributed by atoms with Gasteiger partial charge in [0.2, 0.25) is 6.79 Å². The molecular weight excluding hydrogens is 1360 g/mol. The largest absolute Gasteiger partial charge is 0.486 e. The Kier molecular flexibility index (Phi) is 26.6. The van der Waals surface area contributed by atoms with Gasteiger partial charge in [0.05, 0.1) is 22.5 Å². The van der Waals surface area contributed by atoms with Crippen molar-refractivity contribution < 1.29 is 41.8 Å². The van der Waals surface area contributed by atoms with Crippen LogP contribution >= 0.6 is 56.7 Å². The summed E-state index contributed by atoms with van der Waals surface area (Å²) >= 11 is 8.97. The summed E-state index contributed by atoms with van der Waals surface area (Å²) < 4.78 is 51.7. The Labute approximate surface area is 610 Å². The summed E-state index contributed by atoms with van der Waals surface area (Å²) in [6, 6.07) is 65.2. The quantitative estimate of drug-likeness (QED) is 0.161. The highest BCUT2D eigenvalue weighted by atomic mass is 32.1. The highest BCUT2D eigenvalue weighted by Crippen LogP contribution is 2.35. The fourth-order valence-corrected chi connectivity index (χ4v) is 14.1. The van der Waals surface area contributed by atoms with Gasteiger partial charge < -0.3 is 52.4 Å². The lowest BCUT2D eigenvalue weighted by Gasteiger charge is -2.20. The number of fused-ring (bicyclic) bond motifs is 8. The fraction of sp³-hybridized carbons (Fsp3) is 0.181. The van der Waals surface area contributed by atoms with Gasteiger partial charge in [-0.3, -0.25) is 0 Å². The Bertz CT molecular complexity index is 4860. The molecule has 101 heavy (non-hydrogen) atoms. The van der Waals surface area contributed by atoms with E-state index in [0.717, 1.165) is 96.3 Å². The molecular formula is C83H82N4O9S5. The molecule has 2 N–H and O–H groups in total. The predicted molar refractivity (Wildman–Crippen MR) is 423 cm³/mol. The van der Waals surface area contributed by atoms with E-state index in [0.29, 0.717) is 33.2 Å². The predicted octanol–water partition coefficient (Wildman–Crippen LogP) is 24.2. The van der Waals surface area contributed by atoms with Crippen molar-refractivity contribution in [2.75, 3.05) is 43.9 Å². The lowest BCUT2D eigenvalue weighted by molar-refractivity contribution is 0.171. The molecule has 0 atom stereocenters. The molecule has 9 aromatic heterocycles. The van der Waals surface area contributed by atoms with E-state index in [1.54, 1.807) is 28.9 Å². The zero-order chi connectivity index (χ0) is 71.0. The molecule has 13 heterocycles. The van der Waals surface area contributed by atoms with Gasteiger partial charge in [-0.05, 0) is 222 Å². The van der Waals surface area contributed by atoms with Gasteiger partial charge in [0.1, 0.15) is 49.1 Å². The van der Waals surface area contributed by atoms with Gasteiger partial charge in [0, 0.05) is 62.7 Å². The Morgan fingerprint density at radius 3 is 1.72 bits per heavy atom. The number of pyridine rings is 1. The third-order valence-electron chi connectivity index (χ3n) is 14.8. The molecule has 6 aromatic carbocycles. The summed E-state index contributed by atoms with van der Waals surface area (Å²) in [4.78, 5) is 9.59. The first kappa shape index (κ1) is 73.4. The van der Waals surface area contributed by atoms with Crippen molar-refractivity contribution in [1.82, 2.24) is 10.1 Å². The summed E-state index contributed by atoms with van der Waals surface area (Å²) in [5.41, 5.74) is 11.5. The number of rotatable bonds is 1. The number of hydrogen-bond acceptors (Lipinski definition) is 18. The first-order chi connectivity index (χ1) is 48.9. The van der Waals surface area contributed by atoms with Crippen molar-refractivity contribution in [3.05, 3.63) is 295 Å². The number of nitrogens with zero attached hydrogens (tertiary/aromatic N) is 2. The van der Waals surface area contributed by atoms with Crippen LogP contribution < -0.4 is 39.1 Å². The molecule has 518 valence electrons. The van der Waals surface area contributed by atoms with E-state index < -0.39 is 0 Å². The number of thiophene rings is 5. The fourth-order valence-electron chi connectivity index (χ4n) is 9.97. The lowest BCUT2D eigenvalue weighted by Crippen LogP contribution is -2.16. The number of furan rings is 2. The van der Waals surface area contributed by atoms with Crippen molar-refractivity contribution in [1.29, 1.82) is 0 Å². The molecule has 0 spiro atoms. The maximum Gasteiger partial charge on any atom is 0.231 e. The molecule has 0 radical (unpaired) electrons. The highest BCUT2D eigenvalue weighted by Gasteiger charge is 2.15. The van der Waals surface area contributed by atoms with Crippen LogP contribution in [0.4, 0.5) is 11.5 Å². The van der Waals surface area contributed by atoms with E-state index in [-0.39, 0.29) is 0 Å². The lowest BCUT2D eigenvalue weighted by atomic mass is 10.2. The monoisotopic (exact) mass is 1440 g/mol. The summed E-state index contributed by atoms with van der Waals surface area (Å²) in [6.45, 7) is 30.7. The number of anilines is 2. The number of aryl methyl sites for hydroxylation is 10.